The van der Waals surface area contributed by atoms with Crippen LogP contribution in [0.3, 0.4) is 0 Å². The minimum Gasteiger partial charge on any atom is -0.478 e. The number of aliphatic carboxylic acids is 1. The zero-order valence-electron chi connectivity index (χ0n) is 10.4. The summed E-state index contributed by atoms with van der Waals surface area (Å²) in [7, 11) is 6.29. The summed E-state index contributed by atoms with van der Waals surface area (Å²) in [6, 6.07) is 0. The van der Waals surface area contributed by atoms with Crippen LogP contribution in [-0.4, -0.2) is 60.6 Å². The van der Waals surface area contributed by atoms with E-state index in [1.54, 1.807) is 6.08 Å². The van der Waals surface area contributed by atoms with Gasteiger partial charge in [0.05, 0.1) is 0 Å². The molecule has 0 saturated heterocycles. The second-order valence-corrected chi connectivity index (χ2v) is 4.91. The molecule has 0 radical (unpaired) electrons. The molecule has 1 rings (SSSR count). The summed E-state index contributed by atoms with van der Waals surface area (Å²) in [5, 5.41) is 8.49. The van der Waals surface area contributed by atoms with Crippen molar-refractivity contribution in [2.75, 3.05) is 34.2 Å². The zero-order valence-corrected chi connectivity index (χ0v) is 10.4. The van der Waals surface area contributed by atoms with Gasteiger partial charge in [-0.05, 0) is 40.4 Å². The van der Waals surface area contributed by atoms with Gasteiger partial charge in [0, 0.05) is 24.7 Å². The molecule has 0 aromatic carbocycles. The van der Waals surface area contributed by atoms with Gasteiger partial charge in [0.25, 0.3) is 0 Å². The van der Waals surface area contributed by atoms with Crippen molar-refractivity contribution < 1.29 is 9.90 Å². The largest absolute Gasteiger partial charge is 0.478 e. The van der Waals surface area contributed by atoms with Crippen LogP contribution in [-0.2, 0) is 4.79 Å². The zero-order chi connectivity index (χ0) is 12.2. The highest BCUT2D eigenvalue weighted by atomic mass is 16.4. The maximum absolute atomic E-state index is 10.3. The summed E-state index contributed by atoms with van der Waals surface area (Å²) < 4.78 is 0. The second kappa shape index (κ2) is 5.46. The lowest BCUT2D eigenvalue weighted by atomic mass is 9.75. The number of carbonyl (C=O) groups is 1. The fourth-order valence-electron chi connectivity index (χ4n) is 2.23. The van der Waals surface area contributed by atoms with Gasteiger partial charge >= 0.3 is 5.97 Å². The fraction of sp³-hybridized carbons (Fsp3) is 0.750. The van der Waals surface area contributed by atoms with E-state index in [0.717, 1.165) is 6.54 Å². The van der Waals surface area contributed by atoms with E-state index >= 15 is 0 Å². The quantitative estimate of drug-likeness (QED) is 0.687. The Hall–Kier alpha value is -0.870. The highest BCUT2D eigenvalue weighted by Gasteiger charge is 2.39. The monoisotopic (exact) mass is 226 g/mol. The van der Waals surface area contributed by atoms with Crippen molar-refractivity contribution >= 4 is 5.97 Å². The molecule has 0 aliphatic heterocycles. The first-order chi connectivity index (χ1) is 7.46. The van der Waals surface area contributed by atoms with Crippen molar-refractivity contribution in [3.63, 3.8) is 0 Å². The molecule has 1 fully saturated rings. The van der Waals surface area contributed by atoms with E-state index in [9.17, 15) is 4.79 Å². The van der Waals surface area contributed by atoms with Gasteiger partial charge in [-0.1, -0.05) is 6.08 Å². The van der Waals surface area contributed by atoms with Crippen molar-refractivity contribution in [1.82, 2.24) is 9.80 Å². The Balaban J connectivity index is 2.38. The lowest BCUT2D eigenvalue weighted by Gasteiger charge is -2.49. The summed E-state index contributed by atoms with van der Waals surface area (Å²) in [6.45, 7) is 1.70. The molecule has 0 aromatic rings. The molecule has 0 aromatic heterocycles. The lowest BCUT2D eigenvalue weighted by molar-refractivity contribution is -0.131. The molecule has 1 aliphatic rings. The fourth-order valence-corrected chi connectivity index (χ4v) is 2.23. The Morgan fingerprint density at radius 2 is 2.00 bits per heavy atom. The van der Waals surface area contributed by atoms with Crippen LogP contribution < -0.4 is 0 Å². The summed E-state index contributed by atoms with van der Waals surface area (Å²) in [5.41, 5.74) is 0.311. The molecular weight excluding hydrogens is 204 g/mol. The van der Waals surface area contributed by atoms with Gasteiger partial charge in [-0.15, -0.1) is 0 Å². The topological polar surface area (TPSA) is 43.8 Å². The summed E-state index contributed by atoms with van der Waals surface area (Å²) in [4.78, 5) is 14.8. The van der Waals surface area contributed by atoms with Crippen molar-refractivity contribution in [1.29, 1.82) is 0 Å². The predicted octanol–water partition coefficient (Wildman–Crippen LogP) is 1.04. The molecule has 4 nitrogen and oxygen atoms in total. The minimum absolute atomic E-state index is 0.311. The number of hydrogen-bond donors (Lipinski definition) is 1. The van der Waals surface area contributed by atoms with Crippen LogP contribution >= 0.6 is 0 Å². The molecule has 0 bridgehead atoms. The van der Waals surface area contributed by atoms with Gasteiger partial charge in [-0.3, -0.25) is 0 Å². The normalized spacial score (nSPS) is 19.3. The van der Waals surface area contributed by atoms with Crippen LogP contribution in [0.4, 0.5) is 0 Å². The molecule has 4 heteroatoms. The molecule has 92 valence electrons. The molecule has 0 heterocycles. The van der Waals surface area contributed by atoms with E-state index in [1.165, 1.54) is 25.3 Å². The second-order valence-electron chi connectivity index (χ2n) is 4.91. The van der Waals surface area contributed by atoms with Gasteiger partial charge in [0.1, 0.15) is 0 Å². The number of carboxylic acid groups (broad SMARTS) is 1. The maximum Gasteiger partial charge on any atom is 0.328 e. The van der Waals surface area contributed by atoms with Gasteiger partial charge in [-0.25, -0.2) is 4.79 Å². The SMILES string of the molecule is CN(C/C=C/C(=O)O)CC1(N(C)C)CCC1. The van der Waals surface area contributed by atoms with E-state index in [0.29, 0.717) is 12.1 Å². The molecule has 0 amide bonds. The average Bonchev–Trinajstić information content (AvgIpc) is 2.10. The Morgan fingerprint density at radius 1 is 1.38 bits per heavy atom. The highest BCUT2D eigenvalue weighted by molar-refractivity contribution is 5.79. The first kappa shape index (κ1) is 13.2. The number of hydrogen-bond acceptors (Lipinski definition) is 3. The van der Waals surface area contributed by atoms with Gasteiger partial charge < -0.3 is 14.9 Å². The number of nitrogens with zero attached hydrogens (tertiary/aromatic N) is 2. The standard InChI is InChI=1S/C12H22N2O2/c1-13(2)12(7-5-8-12)10-14(3)9-4-6-11(15)16/h4,6H,5,7-10H2,1-3H3,(H,15,16)/b6-4+. The van der Waals surface area contributed by atoms with Gasteiger partial charge in [0.2, 0.25) is 0 Å². The Morgan fingerprint density at radius 3 is 2.38 bits per heavy atom. The molecule has 1 aliphatic carbocycles. The molecule has 0 spiro atoms. The van der Waals surface area contributed by atoms with Crippen molar-refractivity contribution in [3.05, 3.63) is 12.2 Å². The lowest BCUT2D eigenvalue weighted by Crippen LogP contribution is -2.56. The average molecular weight is 226 g/mol. The van der Waals surface area contributed by atoms with Crippen LogP contribution in [0, 0.1) is 0 Å². The Kier molecular flexibility index (Phi) is 4.50. The van der Waals surface area contributed by atoms with Crippen LogP contribution in [0.2, 0.25) is 0 Å². The van der Waals surface area contributed by atoms with Crippen LogP contribution in [0.15, 0.2) is 12.2 Å². The number of rotatable bonds is 6. The predicted molar refractivity (Wildman–Crippen MR) is 64.5 cm³/mol. The highest BCUT2D eigenvalue weighted by Crippen LogP contribution is 2.36. The first-order valence-corrected chi connectivity index (χ1v) is 5.72. The molecule has 1 saturated carbocycles. The van der Waals surface area contributed by atoms with E-state index in [4.69, 9.17) is 5.11 Å². The van der Waals surface area contributed by atoms with E-state index in [2.05, 4.69) is 23.9 Å². The first-order valence-electron chi connectivity index (χ1n) is 5.72. The maximum atomic E-state index is 10.3. The van der Waals surface area contributed by atoms with Gasteiger partial charge in [-0.2, -0.15) is 0 Å². The third-order valence-corrected chi connectivity index (χ3v) is 3.47. The van der Waals surface area contributed by atoms with E-state index in [1.807, 2.05) is 7.05 Å². The molecule has 1 N–H and O–H groups in total. The molecule has 0 atom stereocenters. The Labute approximate surface area is 97.5 Å². The number of likely N-dealkylation sites (N-methyl/N-ethyl adjacent to an activating group) is 2. The molecular formula is C12H22N2O2. The summed E-state index contributed by atoms with van der Waals surface area (Å²) >= 11 is 0. The molecule has 0 unspecified atom stereocenters. The van der Waals surface area contributed by atoms with Crippen LogP contribution in [0.25, 0.3) is 0 Å². The van der Waals surface area contributed by atoms with Crippen molar-refractivity contribution in [2.24, 2.45) is 0 Å². The summed E-state index contributed by atoms with van der Waals surface area (Å²) in [6.07, 6.45) is 6.70. The van der Waals surface area contributed by atoms with Crippen LogP contribution in [0.1, 0.15) is 19.3 Å². The number of carboxylic acids is 1. The van der Waals surface area contributed by atoms with E-state index < -0.39 is 5.97 Å². The van der Waals surface area contributed by atoms with Crippen LogP contribution in [0.5, 0.6) is 0 Å². The smallest absolute Gasteiger partial charge is 0.328 e. The van der Waals surface area contributed by atoms with E-state index in [-0.39, 0.29) is 0 Å². The summed E-state index contributed by atoms with van der Waals surface area (Å²) in [5.74, 6) is -0.876. The van der Waals surface area contributed by atoms with Gasteiger partial charge in [0.15, 0.2) is 0 Å². The molecule has 16 heavy (non-hydrogen) atoms. The van der Waals surface area contributed by atoms with Crippen molar-refractivity contribution in [3.8, 4) is 0 Å². The third-order valence-electron chi connectivity index (χ3n) is 3.47. The van der Waals surface area contributed by atoms with Crippen molar-refractivity contribution in [2.45, 2.75) is 24.8 Å². The third kappa shape index (κ3) is 3.32. The minimum atomic E-state index is -0.876. The Bertz CT molecular complexity index is 270.